The van der Waals surface area contributed by atoms with E-state index in [0.29, 0.717) is 12.8 Å². The summed E-state index contributed by atoms with van der Waals surface area (Å²) >= 11 is 0. The molecule has 8 heteroatoms. The molecule has 142 valence electrons. The van der Waals surface area contributed by atoms with Gasteiger partial charge in [-0.2, -0.15) is 0 Å². The van der Waals surface area contributed by atoms with E-state index in [1.165, 1.54) is 4.90 Å². The Labute approximate surface area is 148 Å². The number of alkyl carbamates (subject to hydrolysis) is 1. The lowest BCUT2D eigenvalue weighted by Crippen LogP contribution is -2.60. The van der Waals surface area contributed by atoms with Crippen molar-refractivity contribution in [2.45, 2.75) is 83.7 Å². The lowest BCUT2D eigenvalue weighted by Gasteiger charge is -2.38. The molecule has 0 aliphatic carbocycles. The molecule has 2 amide bonds. The zero-order chi connectivity index (χ0) is 19.0. The average molecular weight is 356 g/mol. The van der Waals surface area contributed by atoms with Crippen LogP contribution < -0.4 is 5.32 Å². The van der Waals surface area contributed by atoms with Gasteiger partial charge in [0, 0.05) is 0 Å². The monoisotopic (exact) mass is 356 g/mol. The van der Waals surface area contributed by atoms with Crippen LogP contribution in [0.2, 0.25) is 0 Å². The Morgan fingerprint density at radius 1 is 1.08 bits per heavy atom. The molecule has 25 heavy (non-hydrogen) atoms. The Bertz CT molecular complexity index is 548. The molecule has 2 aliphatic rings. The van der Waals surface area contributed by atoms with Crippen LogP contribution in [0.15, 0.2) is 0 Å². The number of hydrogen-bond acceptors (Lipinski definition) is 6. The molecule has 2 heterocycles. The van der Waals surface area contributed by atoms with Gasteiger partial charge in [-0.3, -0.25) is 4.90 Å². The molecular formula is C17H28N2O6. The largest absolute Gasteiger partial charge is 0.458 e. The van der Waals surface area contributed by atoms with E-state index in [2.05, 4.69) is 5.32 Å². The maximum Gasteiger partial charge on any atom is 0.410 e. The van der Waals surface area contributed by atoms with Crippen molar-refractivity contribution < 1.29 is 28.6 Å². The second kappa shape index (κ2) is 6.72. The first-order valence-corrected chi connectivity index (χ1v) is 8.55. The molecule has 0 unspecified atom stereocenters. The Kier molecular flexibility index (Phi) is 5.20. The van der Waals surface area contributed by atoms with Gasteiger partial charge in [0.15, 0.2) is 0 Å². The second-order valence-electron chi connectivity index (χ2n) is 8.43. The Balaban J connectivity index is 2.06. The first-order valence-electron chi connectivity index (χ1n) is 8.55. The van der Waals surface area contributed by atoms with Gasteiger partial charge < -0.3 is 19.5 Å². The van der Waals surface area contributed by atoms with Gasteiger partial charge in [0.25, 0.3) is 0 Å². The van der Waals surface area contributed by atoms with E-state index >= 15 is 0 Å². The van der Waals surface area contributed by atoms with Crippen LogP contribution in [0.5, 0.6) is 0 Å². The second-order valence-corrected chi connectivity index (χ2v) is 8.43. The molecule has 1 N–H and O–H groups in total. The summed E-state index contributed by atoms with van der Waals surface area (Å²) in [5.41, 5.74) is -1.26. The quantitative estimate of drug-likeness (QED) is 0.602. The zero-order valence-electron chi connectivity index (χ0n) is 15.8. The van der Waals surface area contributed by atoms with Gasteiger partial charge in [-0.1, -0.05) is 0 Å². The minimum absolute atomic E-state index is 0.0558. The van der Waals surface area contributed by atoms with E-state index in [1.807, 2.05) is 0 Å². The summed E-state index contributed by atoms with van der Waals surface area (Å²) < 4.78 is 15.8. The number of nitrogens with zero attached hydrogens (tertiary/aromatic N) is 1. The fourth-order valence-corrected chi connectivity index (χ4v) is 3.04. The number of cyclic esters (lactones) is 1. The minimum Gasteiger partial charge on any atom is -0.458 e. The van der Waals surface area contributed by atoms with Crippen LogP contribution >= 0.6 is 0 Å². The number of fused-ring (bicyclic) bond motifs is 1. The number of carbonyl (C=O) groups is 3. The summed E-state index contributed by atoms with van der Waals surface area (Å²) in [4.78, 5) is 38.0. The van der Waals surface area contributed by atoms with Gasteiger partial charge in [-0.05, 0) is 54.4 Å². The van der Waals surface area contributed by atoms with Crippen LogP contribution in [0.25, 0.3) is 0 Å². The molecule has 0 spiro atoms. The van der Waals surface area contributed by atoms with E-state index < -0.39 is 41.4 Å². The highest BCUT2D eigenvalue weighted by Gasteiger charge is 2.50. The van der Waals surface area contributed by atoms with Gasteiger partial charge >= 0.3 is 18.2 Å². The maximum absolute atomic E-state index is 12.4. The first-order chi connectivity index (χ1) is 11.4. The van der Waals surface area contributed by atoms with E-state index in [-0.39, 0.29) is 12.6 Å². The van der Waals surface area contributed by atoms with Crippen LogP contribution in [-0.4, -0.2) is 59.0 Å². The van der Waals surface area contributed by atoms with Gasteiger partial charge in [-0.25, -0.2) is 14.4 Å². The molecule has 2 saturated heterocycles. The minimum atomic E-state index is -0.694. The van der Waals surface area contributed by atoms with Crippen molar-refractivity contribution in [3.05, 3.63) is 0 Å². The fourth-order valence-electron chi connectivity index (χ4n) is 3.04. The Hall–Kier alpha value is -1.99. The third-order valence-corrected chi connectivity index (χ3v) is 3.87. The number of esters is 1. The summed E-state index contributed by atoms with van der Waals surface area (Å²) in [7, 11) is 0. The number of nitrogens with one attached hydrogen (secondary N) is 1. The molecule has 0 bridgehead atoms. The summed E-state index contributed by atoms with van der Waals surface area (Å²) in [6, 6.07) is -1.44. The van der Waals surface area contributed by atoms with Crippen molar-refractivity contribution in [3.8, 4) is 0 Å². The van der Waals surface area contributed by atoms with Gasteiger partial charge in [0.05, 0.1) is 12.1 Å². The Morgan fingerprint density at radius 3 is 2.24 bits per heavy atom. The van der Waals surface area contributed by atoms with Crippen LogP contribution in [0, 0.1) is 0 Å². The highest BCUT2D eigenvalue weighted by molar-refractivity contribution is 5.83. The van der Waals surface area contributed by atoms with Crippen molar-refractivity contribution in [3.63, 3.8) is 0 Å². The third kappa shape index (κ3) is 4.99. The fraction of sp³-hybridized carbons (Fsp3) is 0.824. The number of ether oxygens (including phenoxy) is 3. The number of carbonyl (C=O) groups excluding carboxylic acids is 3. The van der Waals surface area contributed by atoms with E-state index in [4.69, 9.17) is 14.2 Å². The predicted molar refractivity (Wildman–Crippen MR) is 89.0 cm³/mol. The van der Waals surface area contributed by atoms with Crippen molar-refractivity contribution in [1.82, 2.24) is 10.2 Å². The first kappa shape index (κ1) is 19.3. The van der Waals surface area contributed by atoms with Crippen molar-refractivity contribution in [1.29, 1.82) is 0 Å². The highest BCUT2D eigenvalue weighted by Crippen LogP contribution is 2.32. The molecule has 2 rings (SSSR count). The summed E-state index contributed by atoms with van der Waals surface area (Å²) in [6.07, 6.45) is -0.0718. The van der Waals surface area contributed by atoms with E-state index in [9.17, 15) is 14.4 Å². The van der Waals surface area contributed by atoms with Crippen molar-refractivity contribution in [2.75, 3.05) is 6.61 Å². The molecule has 0 aromatic heterocycles. The molecule has 0 saturated carbocycles. The molecule has 0 aromatic rings. The topological polar surface area (TPSA) is 94.2 Å². The molecule has 2 fully saturated rings. The maximum atomic E-state index is 12.4. The molecule has 3 atom stereocenters. The molecule has 8 nitrogen and oxygen atoms in total. The molecule has 2 aliphatic heterocycles. The summed E-state index contributed by atoms with van der Waals surface area (Å²) in [5.74, 6) is -0.454. The number of rotatable bonds is 2. The molecule has 0 radical (unpaired) electrons. The van der Waals surface area contributed by atoms with Crippen molar-refractivity contribution >= 4 is 18.2 Å². The molecule has 0 aromatic carbocycles. The van der Waals surface area contributed by atoms with Crippen LogP contribution in [0.1, 0.15) is 54.4 Å². The highest BCUT2D eigenvalue weighted by atomic mass is 16.6. The smallest absolute Gasteiger partial charge is 0.410 e. The van der Waals surface area contributed by atoms with E-state index in [1.54, 1.807) is 41.5 Å². The Morgan fingerprint density at radius 2 is 1.68 bits per heavy atom. The zero-order valence-corrected chi connectivity index (χ0v) is 15.8. The lowest BCUT2D eigenvalue weighted by atomic mass is 10.1. The van der Waals surface area contributed by atoms with Gasteiger partial charge in [-0.15, -0.1) is 0 Å². The lowest BCUT2D eigenvalue weighted by molar-refractivity contribution is -0.160. The van der Waals surface area contributed by atoms with Crippen molar-refractivity contribution in [2.24, 2.45) is 0 Å². The van der Waals surface area contributed by atoms with Crippen LogP contribution in [-0.2, 0) is 19.0 Å². The van der Waals surface area contributed by atoms with Crippen LogP contribution in [0.4, 0.5) is 9.59 Å². The number of hydrogen-bond donors (Lipinski definition) is 1. The third-order valence-electron chi connectivity index (χ3n) is 3.87. The standard InChI is InChI=1S/C17H28N2O6/c1-16(2,3)24-13(20)12-8-7-11-10(9-23-15(22)19(11)12)18-14(21)25-17(4,5)6/h10-12H,7-9H2,1-6H3,(H,18,21)/t10-,11+,12+/m1/s1. The summed E-state index contributed by atoms with van der Waals surface area (Å²) in [5, 5.41) is 2.74. The normalized spacial score (nSPS) is 26.6. The van der Waals surface area contributed by atoms with E-state index in [0.717, 1.165) is 0 Å². The number of amides is 2. The summed E-state index contributed by atoms with van der Waals surface area (Å²) in [6.45, 7) is 10.7. The van der Waals surface area contributed by atoms with Crippen LogP contribution in [0.3, 0.4) is 0 Å². The predicted octanol–water partition coefficient (Wildman–Crippen LogP) is 2.20. The SMILES string of the molecule is CC(C)(C)OC(=O)N[C@@H]1COC(=O)N2[C@H](C(=O)OC(C)(C)C)CC[C@@H]12. The van der Waals surface area contributed by atoms with Gasteiger partial charge in [0.2, 0.25) is 0 Å². The molecular weight excluding hydrogens is 328 g/mol. The average Bonchev–Trinajstić information content (AvgIpc) is 2.83. The van der Waals surface area contributed by atoms with Gasteiger partial charge in [0.1, 0.15) is 23.9 Å².